The molecule has 3 rings (SSSR count). The van der Waals surface area contributed by atoms with Gasteiger partial charge in [0, 0.05) is 18.5 Å². The zero-order valence-corrected chi connectivity index (χ0v) is 14.7. The normalized spacial score (nSPS) is 16.9. The summed E-state index contributed by atoms with van der Waals surface area (Å²) in [4.78, 5) is 26.3. The fraction of sp³-hybridized carbons (Fsp3) is 0.368. The lowest BCUT2D eigenvalue weighted by molar-refractivity contribution is -0.0211. The van der Waals surface area contributed by atoms with Gasteiger partial charge in [-0.05, 0) is 38.3 Å². The van der Waals surface area contributed by atoms with Gasteiger partial charge in [-0.15, -0.1) is 11.3 Å². The van der Waals surface area contributed by atoms with Crippen molar-refractivity contribution >= 4 is 23.0 Å². The molecule has 0 spiro atoms. The lowest BCUT2D eigenvalue weighted by Crippen LogP contribution is -2.45. The number of amides is 1. The van der Waals surface area contributed by atoms with Crippen molar-refractivity contribution in [2.75, 3.05) is 13.1 Å². The van der Waals surface area contributed by atoms with Crippen LogP contribution in [0.4, 0.5) is 0 Å². The van der Waals surface area contributed by atoms with Gasteiger partial charge in [0.2, 0.25) is 0 Å². The van der Waals surface area contributed by atoms with E-state index in [1.165, 1.54) is 18.3 Å². The highest BCUT2D eigenvalue weighted by molar-refractivity contribution is 7.12. The van der Waals surface area contributed by atoms with E-state index in [2.05, 4.69) is 0 Å². The van der Waals surface area contributed by atoms with E-state index in [9.17, 15) is 14.7 Å². The molecule has 0 radical (unpaired) electrons. The van der Waals surface area contributed by atoms with Crippen molar-refractivity contribution in [3.8, 4) is 0 Å². The number of hydrogen-bond acceptors (Lipinski definition) is 4. The summed E-state index contributed by atoms with van der Waals surface area (Å²) in [5, 5.41) is 12.7. The number of carbonyl (C=O) groups excluding carboxylic acids is 2. The van der Waals surface area contributed by atoms with E-state index in [-0.39, 0.29) is 11.7 Å². The van der Waals surface area contributed by atoms with Crippen molar-refractivity contribution < 1.29 is 14.7 Å². The molecule has 1 fully saturated rings. The molecule has 0 aliphatic carbocycles. The topological polar surface area (TPSA) is 57.6 Å². The first kappa shape index (κ1) is 16.9. The summed E-state index contributed by atoms with van der Waals surface area (Å²) in [6.45, 7) is 4.53. The Morgan fingerprint density at radius 1 is 1.21 bits per heavy atom. The monoisotopic (exact) mass is 343 g/mol. The van der Waals surface area contributed by atoms with Crippen molar-refractivity contribution in [3.63, 3.8) is 0 Å². The summed E-state index contributed by atoms with van der Waals surface area (Å²) in [5.41, 5.74) is 1.73. The molecule has 0 unspecified atom stereocenters. The van der Waals surface area contributed by atoms with Gasteiger partial charge in [0.15, 0.2) is 5.78 Å². The van der Waals surface area contributed by atoms with Crippen LogP contribution in [0.15, 0.2) is 35.7 Å². The fourth-order valence-corrected chi connectivity index (χ4v) is 3.90. The Bertz CT molecular complexity index is 772. The van der Waals surface area contributed by atoms with Crippen molar-refractivity contribution in [1.82, 2.24) is 4.90 Å². The van der Waals surface area contributed by atoms with Crippen LogP contribution in [0, 0.1) is 6.92 Å². The molecular formula is C19H21NO3S. The van der Waals surface area contributed by atoms with Gasteiger partial charge in [-0.25, -0.2) is 0 Å². The molecule has 1 amide bonds. The highest BCUT2D eigenvalue weighted by Crippen LogP contribution is 2.33. The Morgan fingerprint density at radius 3 is 2.50 bits per heavy atom. The molecule has 1 aromatic carbocycles. The second-order valence-electron chi connectivity index (χ2n) is 6.45. The van der Waals surface area contributed by atoms with Gasteiger partial charge < -0.3 is 10.0 Å². The Kier molecular flexibility index (Phi) is 4.56. The molecule has 1 aliphatic rings. The van der Waals surface area contributed by atoms with Crippen LogP contribution in [-0.4, -0.2) is 34.8 Å². The summed E-state index contributed by atoms with van der Waals surface area (Å²) in [6, 6.07) is 9.58. The van der Waals surface area contributed by atoms with Crippen LogP contribution in [-0.2, 0) is 5.60 Å². The number of likely N-dealkylation sites (tertiary alicyclic amines) is 1. The zero-order valence-electron chi connectivity index (χ0n) is 13.9. The van der Waals surface area contributed by atoms with Gasteiger partial charge in [0.1, 0.15) is 0 Å². The number of carbonyl (C=O) groups is 2. The highest BCUT2D eigenvalue weighted by Gasteiger charge is 2.35. The lowest BCUT2D eigenvalue weighted by atomic mass is 9.84. The summed E-state index contributed by atoms with van der Waals surface area (Å²) in [6.07, 6.45) is 1.04. The van der Waals surface area contributed by atoms with Crippen LogP contribution in [0.1, 0.15) is 50.9 Å². The third-order valence-electron chi connectivity index (χ3n) is 4.63. The molecule has 0 atom stereocenters. The Hall–Kier alpha value is -1.98. The molecule has 1 saturated heterocycles. The predicted molar refractivity (Wildman–Crippen MR) is 94.5 cm³/mol. The minimum Gasteiger partial charge on any atom is -0.385 e. The van der Waals surface area contributed by atoms with Crippen LogP contribution in [0.5, 0.6) is 0 Å². The molecule has 4 nitrogen and oxygen atoms in total. The maximum atomic E-state index is 12.6. The number of piperidine rings is 1. The first-order chi connectivity index (χ1) is 11.4. The average molecular weight is 343 g/mol. The van der Waals surface area contributed by atoms with Crippen molar-refractivity contribution in [2.45, 2.75) is 32.3 Å². The van der Waals surface area contributed by atoms with Gasteiger partial charge in [0.25, 0.3) is 5.91 Å². The molecule has 0 saturated carbocycles. The first-order valence-electron chi connectivity index (χ1n) is 8.07. The molecule has 1 aromatic heterocycles. The zero-order chi connectivity index (χ0) is 17.3. The van der Waals surface area contributed by atoms with Crippen LogP contribution < -0.4 is 0 Å². The van der Waals surface area contributed by atoms with E-state index in [0.717, 1.165) is 11.1 Å². The quantitative estimate of drug-likeness (QED) is 0.869. The third-order valence-corrected chi connectivity index (χ3v) is 5.66. The number of thiophene rings is 1. The van der Waals surface area contributed by atoms with Crippen molar-refractivity contribution in [2.24, 2.45) is 0 Å². The van der Waals surface area contributed by atoms with E-state index in [0.29, 0.717) is 36.4 Å². The number of aliphatic hydroxyl groups is 1. The minimum absolute atomic E-state index is 0.0217. The maximum absolute atomic E-state index is 12.6. The van der Waals surface area contributed by atoms with Crippen LogP contribution >= 0.6 is 11.3 Å². The molecule has 126 valence electrons. The molecule has 2 aromatic rings. The van der Waals surface area contributed by atoms with Crippen molar-refractivity contribution in [3.05, 3.63) is 57.3 Å². The Labute approximate surface area is 145 Å². The van der Waals surface area contributed by atoms with E-state index < -0.39 is 5.60 Å². The van der Waals surface area contributed by atoms with Crippen molar-refractivity contribution in [1.29, 1.82) is 0 Å². The summed E-state index contributed by atoms with van der Waals surface area (Å²) >= 11 is 1.30. The number of ketones is 1. The number of Topliss-reactive ketones (excluding diaryl/α,β-unsaturated/α-hetero) is 1. The number of benzene rings is 1. The first-order valence-corrected chi connectivity index (χ1v) is 8.95. The number of hydrogen-bond donors (Lipinski definition) is 1. The van der Waals surface area contributed by atoms with Crippen LogP contribution in [0.25, 0.3) is 0 Å². The van der Waals surface area contributed by atoms with E-state index in [4.69, 9.17) is 0 Å². The van der Waals surface area contributed by atoms with Gasteiger partial charge >= 0.3 is 0 Å². The molecular weight excluding hydrogens is 322 g/mol. The van der Waals surface area contributed by atoms with E-state index in [1.54, 1.807) is 16.3 Å². The maximum Gasteiger partial charge on any atom is 0.254 e. The summed E-state index contributed by atoms with van der Waals surface area (Å²) < 4.78 is 0. The van der Waals surface area contributed by atoms with Gasteiger partial charge in [0.05, 0.1) is 16.0 Å². The lowest BCUT2D eigenvalue weighted by Gasteiger charge is -2.38. The predicted octanol–water partition coefficient (Wildman–Crippen LogP) is 3.38. The highest BCUT2D eigenvalue weighted by atomic mass is 32.1. The third kappa shape index (κ3) is 3.28. The minimum atomic E-state index is -0.873. The fourth-order valence-electron chi connectivity index (χ4n) is 3.12. The second kappa shape index (κ2) is 6.49. The molecule has 5 heteroatoms. The number of nitrogens with zero attached hydrogens (tertiary/aromatic N) is 1. The largest absolute Gasteiger partial charge is 0.385 e. The SMILES string of the molecule is CC(=O)c1cc(C(=O)N2CCC(O)(c3cccc(C)c3)CC2)cs1. The molecule has 24 heavy (non-hydrogen) atoms. The van der Waals surface area contributed by atoms with Gasteiger partial charge in [-0.1, -0.05) is 29.8 Å². The van der Waals surface area contributed by atoms with Gasteiger partial charge in [-0.2, -0.15) is 0 Å². The summed E-state index contributed by atoms with van der Waals surface area (Å²) in [7, 11) is 0. The molecule has 1 N–H and O–H groups in total. The molecule has 2 heterocycles. The van der Waals surface area contributed by atoms with Crippen LogP contribution in [0.2, 0.25) is 0 Å². The van der Waals surface area contributed by atoms with E-state index >= 15 is 0 Å². The Morgan fingerprint density at radius 2 is 1.92 bits per heavy atom. The number of aryl methyl sites for hydroxylation is 1. The number of rotatable bonds is 3. The van der Waals surface area contributed by atoms with E-state index in [1.807, 2.05) is 31.2 Å². The average Bonchev–Trinajstić information content (AvgIpc) is 3.05. The second-order valence-corrected chi connectivity index (χ2v) is 7.36. The smallest absolute Gasteiger partial charge is 0.254 e. The molecule has 0 bridgehead atoms. The van der Waals surface area contributed by atoms with Crippen LogP contribution in [0.3, 0.4) is 0 Å². The summed E-state index contributed by atoms with van der Waals surface area (Å²) in [5.74, 6) is -0.0865. The van der Waals surface area contributed by atoms with Gasteiger partial charge in [-0.3, -0.25) is 9.59 Å². The Balaban J connectivity index is 1.70. The molecule has 1 aliphatic heterocycles. The standard InChI is InChI=1S/C19H21NO3S/c1-13-4-3-5-16(10-13)19(23)6-8-20(9-7-19)18(22)15-11-17(14(2)21)24-12-15/h3-5,10-12,23H,6-9H2,1-2H3.